The van der Waals surface area contributed by atoms with E-state index in [0.29, 0.717) is 17.1 Å². The van der Waals surface area contributed by atoms with Gasteiger partial charge in [0, 0.05) is 6.07 Å². The first kappa shape index (κ1) is 12.3. The number of benzene rings is 1. The predicted octanol–water partition coefficient (Wildman–Crippen LogP) is 2.19. The number of pyridine rings is 1. The third-order valence-corrected chi connectivity index (χ3v) is 2.41. The van der Waals surface area contributed by atoms with E-state index in [1.807, 2.05) is 6.07 Å². The van der Waals surface area contributed by atoms with Gasteiger partial charge in [-0.05, 0) is 18.2 Å². The molecule has 94 valence electrons. The number of rotatable bonds is 3. The molecule has 0 bridgehead atoms. The van der Waals surface area contributed by atoms with E-state index in [0.717, 1.165) is 0 Å². The van der Waals surface area contributed by atoms with Crippen molar-refractivity contribution < 1.29 is 4.92 Å². The zero-order chi connectivity index (χ0) is 13.8. The molecule has 7 nitrogen and oxygen atoms in total. The van der Waals surface area contributed by atoms with E-state index in [-0.39, 0.29) is 11.5 Å². The smallest absolute Gasteiger partial charge is 0.311 e. The molecule has 2 aromatic rings. The van der Waals surface area contributed by atoms with Crippen LogP contribution in [0, 0.1) is 21.4 Å². The first-order chi connectivity index (χ1) is 9.11. The zero-order valence-corrected chi connectivity index (χ0v) is 9.70. The minimum Gasteiger partial charge on any atom is -0.378 e. The van der Waals surface area contributed by atoms with Crippen molar-refractivity contribution in [2.45, 2.75) is 0 Å². The van der Waals surface area contributed by atoms with Crippen molar-refractivity contribution >= 4 is 23.0 Å². The van der Waals surface area contributed by atoms with Gasteiger partial charge >= 0.3 is 5.69 Å². The monoisotopic (exact) mass is 255 g/mol. The molecule has 0 aliphatic heterocycles. The van der Waals surface area contributed by atoms with Crippen molar-refractivity contribution in [1.82, 2.24) is 4.98 Å². The summed E-state index contributed by atoms with van der Waals surface area (Å²) in [5, 5.41) is 22.5. The molecule has 0 spiro atoms. The van der Waals surface area contributed by atoms with Gasteiger partial charge in [-0.1, -0.05) is 12.1 Å². The zero-order valence-electron chi connectivity index (χ0n) is 9.70. The van der Waals surface area contributed by atoms with Crippen molar-refractivity contribution in [3.05, 3.63) is 52.1 Å². The molecule has 1 heterocycles. The molecule has 0 saturated carbocycles. The molecule has 0 saturated heterocycles. The van der Waals surface area contributed by atoms with Crippen molar-refractivity contribution in [3.8, 4) is 6.07 Å². The molecule has 3 N–H and O–H groups in total. The van der Waals surface area contributed by atoms with Crippen LogP contribution in [0.2, 0.25) is 0 Å². The number of nitrogens with zero attached hydrogens (tertiary/aromatic N) is 3. The fraction of sp³-hybridized carbons (Fsp3) is 0. The van der Waals surface area contributed by atoms with Crippen LogP contribution in [0.15, 0.2) is 36.4 Å². The Morgan fingerprint density at radius 1 is 1.32 bits per heavy atom. The summed E-state index contributed by atoms with van der Waals surface area (Å²) >= 11 is 0. The Bertz CT molecular complexity index is 678. The SMILES string of the molecule is N#Cc1ccccc1Nc1ccc([N+](=O)[O-])c(N)n1. The van der Waals surface area contributed by atoms with Gasteiger partial charge in [0.15, 0.2) is 0 Å². The first-order valence-corrected chi connectivity index (χ1v) is 5.29. The van der Waals surface area contributed by atoms with E-state index in [9.17, 15) is 10.1 Å². The normalized spacial score (nSPS) is 9.63. The number of nitrogen functional groups attached to an aromatic ring is 1. The number of nitriles is 1. The molecule has 0 atom stereocenters. The maximum atomic E-state index is 10.6. The van der Waals surface area contributed by atoms with Crippen LogP contribution >= 0.6 is 0 Å². The maximum Gasteiger partial charge on any atom is 0.311 e. The highest BCUT2D eigenvalue weighted by molar-refractivity contribution is 5.67. The summed E-state index contributed by atoms with van der Waals surface area (Å²) in [6, 6.07) is 11.6. The van der Waals surface area contributed by atoms with Gasteiger partial charge in [0.2, 0.25) is 5.82 Å². The summed E-state index contributed by atoms with van der Waals surface area (Å²) < 4.78 is 0. The van der Waals surface area contributed by atoms with Crippen LogP contribution in [0.25, 0.3) is 0 Å². The Labute approximate surface area is 108 Å². The van der Waals surface area contributed by atoms with Crippen LogP contribution in [0.4, 0.5) is 23.0 Å². The van der Waals surface area contributed by atoms with Gasteiger partial charge in [-0.25, -0.2) is 4.98 Å². The third kappa shape index (κ3) is 2.58. The molecule has 1 aromatic carbocycles. The average Bonchev–Trinajstić information content (AvgIpc) is 2.39. The maximum absolute atomic E-state index is 10.6. The lowest BCUT2D eigenvalue weighted by Crippen LogP contribution is -2.02. The van der Waals surface area contributed by atoms with Crippen molar-refractivity contribution in [1.29, 1.82) is 5.26 Å². The van der Waals surface area contributed by atoms with Crippen LogP contribution in [0.3, 0.4) is 0 Å². The fourth-order valence-electron chi connectivity index (χ4n) is 1.52. The lowest BCUT2D eigenvalue weighted by molar-refractivity contribution is -0.384. The molecule has 7 heteroatoms. The third-order valence-electron chi connectivity index (χ3n) is 2.41. The molecule has 1 aromatic heterocycles. The van der Waals surface area contributed by atoms with Crippen molar-refractivity contribution in [2.75, 3.05) is 11.1 Å². The molecule has 0 unspecified atom stereocenters. The van der Waals surface area contributed by atoms with Crippen molar-refractivity contribution in [2.24, 2.45) is 0 Å². The number of aromatic nitrogens is 1. The Kier molecular flexibility index (Phi) is 3.25. The van der Waals surface area contributed by atoms with Crippen LogP contribution in [-0.2, 0) is 0 Å². The summed E-state index contributed by atoms with van der Waals surface area (Å²) in [6.45, 7) is 0. The summed E-state index contributed by atoms with van der Waals surface area (Å²) in [4.78, 5) is 13.9. The van der Waals surface area contributed by atoms with Gasteiger partial charge in [-0.15, -0.1) is 0 Å². The molecule has 0 amide bonds. The van der Waals surface area contributed by atoms with E-state index >= 15 is 0 Å². The molecular weight excluding hydrogens is 246 g/mol. The summed E-state index contributed by atoms with van der Waals surface area (Å²) in [5.41, 5.74) is 6.24. The fourth-order valence-corrected chi connectivity index (χ4v) is 1.52. The number of nitrogens with two attached hydrogens (primary N) is 1. The van der Waals surface area contributed by atoms with E-state index in [1.165, 1.54) is 12.1 Å². The number of nitro groups is 1. The van der Waals surface area contributed by atoms with E-state index in [2.05, 4.69) is 10.3 Å². The second-order valence-electron chi connectivity index (χ2n) is 3.64. The minimum absolute atomic E-state index is 0.176. The number of nitrogens with one attached hydrogen (secondary N) is 1. The van der Waals surface area contributed by atoms with Crippen LogP contribution in [0.1, 0.15) is 5.56 Å². The molecule has 0 fully saturated rings. The number of hydrogen-bond acceptors (Lipinski definition) is 6. The number of hydrogen-bond donors (Lipinski definition) is 2. The highest BCUT2D eigenvalue weighted by Gasteiger charge is 2.13. The van der Waals surface area contributed by atoms with Crippen LogP contribution in [0.5, 0.6) is 0 Å². The minimum atomic E-state index is -0.602. The van der Waals surface area contributed by atoms with Crippen LogP contribution in [-0.4, -0.2) is 9.91 Å². The van der Waals surface area contributed by atoms with Gasteiger partial charge in [0.25, 0.3) is 0 Å². The van der Waals surface area contributed by atoms with Gasteiger partial charge < -0.3 is 11.1 Å². The van der Waals surface area contributed by atoms with Gasteiger partial charge in [0.1, 0.15) is 11.9 Å². The van der Waals surface area contributed by atoms with E-state index in [1.54, 1.807) is 24.3 Å². The number of anilines is 3. The van der Waals surface area contributed by atoms with E-state index < -0.39 is 4.92 Å². The lowest BCUT2D eigenvalue weighted by atomic mass is 10.2. The molecule has 2 rings (SSSR count). The molecule has 19 heavy (non-hydrogen) atoms. The Balaban J connectivity index is 2.32. The summed E-state index contributed by atoms with van der Waals surface area (Å²) in [6.07, 6.45) is 0. The largest absolute Gasteiger partial charge is 0.378 e. The Morgan fingerprint density at radius 2 is 2.05 bits per heavy atom. The standard InChI is InChI=1S/C12H9N5O2/c13-7-8-3-1-2-4-9(8)15-11-6-5-10(17(18)19)12(14)16-11/h1-6H,(H3,14,15,16). The number of para-hydroxylation sites is 1. The Hall–Kier alpha value is -3.14. The summed E-state index contributed by atoms with van der Waals surface area (Å²) in [7, 11) is 0. The van der Waals surface area contributed by atoms with Crippen molar-refractivity contribution in [3.63, 3.8) is 0 Å². The second kappa shape index (κ2) is 5.01. The van der Waals surface area contributed by atoms with E-state index in [4.69, 9.17) is 11.0 Å². The molecule has 0 radical (unpaired) electrons. The van der Waals surface area contributed by atoms with Gasteiger partial charge in [-0.2, -0.15) is 5.26 Å². The summed E-state index contributed by atoms with van der Waals surface area (Å²) in [5.74, 6) is 0.162. The molecule has 0 aliphatic rings. The highest BCUT2D eigenvalue weighted by Crippen LogP contribution is 2.24. The predicted molar refractivity (Wildman–Crippen MR) is 69.7 cm³/mol. The van der Waals surface area contributed by atoms with Crippen LogP contribution < -0.4 is 11.1 Å². The molecule has 0 aliphatic carbocycles. The topological polar surface area (TPSA) is 118 Å². The van der Waals surface area contributed by atoms with Gasteiger partial charge in [0.05, 0.1) is 16.2 Å². The average molecular weight is 255 g/mol. The molecular formula is C12H9N5O2. The van der Waals surface area contributed by atoms with Gasteiger partial charge in [-0.3, -0.25) is 10.1 Å². The highest BCUT2D eigenvalue weighted by atomic mass is 16.6. The lowest BCUT2D eigenvalue weighted by Gasteiger charge is -2.07. The first-order valence-electron chi connectivity index (χ1n) is 5.29. The quantitative estimate of drug-likeness (QED) is 0.641. The second-order valence-corrected chi connectivity index (χ2v) is 3.64. The Morgan fingerprint density at radius 3 is 2.68 bits per heavy atom.